The van der Waals surface area contributed by atoms with Gasteiger partial charge in [-0.3, -0.25) is 0 Å². The molecule has 0 amide bonds. The van der Waals surface area contributed by atoms with Crippen molar-refractivity contribution < 1.29 is 26.7 Å². The first-order valence-corrected chi connectivity index (χ1v) is 11.7. The van der Waals surface area contributed by atoms with E-state index in [1.807, 2.05) is 4.90 Å². The maximum Gasteiger partial charge on any atom is 0.421 e. The number of halogens is 4. The number of hydrogen-bond acceptors (Lipinski definition) is 5. The molecule has 1 aliphatic heterocycles. The fourth-order valence-electron chi connectivity index (χ4n) is 3.29. The normalized spacial score (nSPS) is 20.8. The molecule has 1 heterocycles. The number of anilines is 1. The average Bonchev–Trinajstić information content (AvgIpc) is 2.67. The summed E-state index contributed by atoms with van der Waals surface area (Å²) in [6.07, 6.45) is 0.596. The van der Waals surface area contributed by atoms with E-state index in [2.05, 4.69) is 15.9 Å². The minimum atomic E-state index is -4.81. The quantitative estimate of drug-likeness (QED) is 0.605. The number of piperazine rings is 1. The van der Waals surface area contributed by atoms with Gasteiger partial charge >= 0.3 is 6.18 Å². The summed E-state index contributed by atoms with van der Waals surface area (Å²) in [6.45, 7) is 1.88. The van der Waals surface area contributed by atoms with Crippen molar-refractivity contribution in [1.82, 2.24) is 4.31 Å². The standard InChI is InChI=1S/C19H20BrF3N2O3S2/c1-18(26,19(21,22)23)13-6-7-15(14(20)12-13)24-8-10-25(11-9-24)30(27,28)17-5-3-2-4-16(17)29/h2-3,5-7,12,26H,4,8-11H2,1H3. The van der Waals surface area contributed by atoms with Crippen LogP contribution < -0.4 is 4.90 Å². The van der Waals surface area contributed by atoms with Crippen molar-refractivity contribution in [2.24, 2.45) is 0 Å². The summed E-state index contributed by atoms with van der Waals surface area (Å²) >= 11 is 8.47. The second-order valence-corrected chi connectivity index (χ2v) is 10.5. The van der Waals surface area contributed by atoms with Crippen LogP contribution in [0.4, 0.5) is 18.9 Å². The predicted octanol–water partition coefficient (Wildman–Crippen LogP) is 3.88. The van der Waals surface area contributed by atoms with Gasteiger partial charge in [-0.05, 0) is 46.6 Å². The molecule has 1 fully saturated rings. The molecule has 1 atom stereocenters. The van der Waals surface area contributed by atoms with Crippen LogP contribution in [-0.2, 0) is 15.6 Å². The number of thiocarbonyl (C=S) groups is 1. The van der Waals surface area contributed by atoms with Crippen molar-refractivity contribution in [3.8, 4) is 0 Å². The van der Waals surface area contributed by atoms with E-state index < -0.39 is 21.8 Å². The minimum Gasteiger partial charge on any atom is -0.376 e. The molecule has 1 aliphatic carbocycles. The Labute approximate surface area is 187 Å². The zero-order chi connectivity index (χ0) is 22.3. The lowest BCUT2D eigenvalue weighted by Crippen LogP contribution is -2.49. The molecule has 164 valence electrons. The van der Waals surface area contributed by atoms with Crippen molar-refractivity contribution in [1.29, 1.82) is 0 Å². The zero-order valence-electron chi connectivity index (χ0n) is 16.0. The first-order valence-electron chi connectivity index (χ1n) is 9.10. The van der Waals surface area contributed by atoms with Crippen LogP contribution in [0.3, 0.4) is 0 Å². The van der Waals surface area contributed by atoms with Crippen LogP contribution >= 0.6 is 28.1 Å². The number of allylic oxidation sites excluding steroid dienone is 4. The molecular weight excluding hydrogens is 505 g/mol. The van der Waals surface area contributed by atoms with Gasteiger partial charge in [-0.2, -0.15) is 17.5 Å². The minimum absolute atomic E-state index is 0.147. The van der Waals surface area contributed by atoms with Crippen LogP contribution in [0.25, 0.3) is 0 Å². The number of nitrogens with zero attached hydrogens (tertiary/aromatic N) is 2. The van der Waals surface area contributed by atoms with Gasteiger partial charge in [0, 0.05) is 41.9 Å². The lowest BCUT2D eigenvalue weighted by atomic mass is 9.95. The molecule has 1 aromatic rings. The topological polar surface area (TPSA) is 60.9 Å². The highest BCUT2D eigenvalue weighted by atomic mass is 79.9. The molecule has 0 spiro atoms. The summed E-state index contributed by atoms with van der Waals surface area (Å²) in [4.78, 5) is 2.42. The third-order valence-corrected chi connectivity index (χ3v) is 8.35. The summed E-state index contributed by atoms with van der Waals surface area (Å²) in [7, 11) is -3.69. The second-order valence-electron chi connectivity index (χ2n) is 7.21. The summed E-state index contributed by atoms with van der Waals surface area (Å²) in [6, 6.07) is 3.96. The van der Waals surface area contributed by atoms with Crippen molar-refractivity contribution >= 4 is 48.7 Å². The first kappa shape index (κ1) is 23.4. The smallest absolute Gasteiger partial charge is 0.376 e. The number of rotatable bonds is 4. The summed E-state index contributed by atoms with van der Waals surface area (Å²) in [5.74, 6) is 0. The molecule has 30 heavy (non-hydrogen) atoms. The summed E-state index contributed by atoms with van der Waals surface area (Å²) < 4.78 is 66.8. The molecule has 3 rings (SSSR count). The van der Waals surface area contributed by atoms with Crippen LogP contribution in [-0.4, -0.2) is 55.0 Å². The Morgan fingerprint density at radius 1 is 1.17 bits per heavy atom. The van der Waals surface area contributed by atoms with Crippen LogP contribution in [0.2, 0.25) is 0 Å². The highest BCUT2D eigenvalue weighted by Gasteiger charge is 2.51. The van der Waals surface area contributed by atoms with Crippen molar-refractivity contribution in [3.05, 3.63) is 51.4 Å². The van der Waals surface area contributed by atoms with E-state index in [0.29, 0.717) is 41.5 Å². The zero-order valence-corrected chi connectivity index (χ0v) is 19.2. The molecule has 1 aromatic carbocycles. The van der Waals surface area contributed by atoms with Gasteiger partial charge in [0.25, 0.3) is 0 Å². The van der Waals surface area contributed by atoms with E-state index in [9.17, 15) is 26.7 Å². The third kappa shape index (κ3) is 4.36. The molecule has 2 aliphatic rings. The van der Waals surface area contributed by atoms with Crippen molar-refractivity contribution in [3.63, 3.8) is 0 Å². The van der Waals surface area contributed by atoms with E-state index in [-0.39, 0.29) is 23.6 Å². The highest BCUT2D eigenvalue weighted by molar-refractivity contribution is 9.10. The van der Waals surface area contributed by atoms with E-state index in [4.69, 9.17) is 12.2 Å². The molecule has 0 radical (unpaired) electrons. The molecular formula is C19H20BrF3N2O3S2. The largest absolute Gasteiger partial charge is 0.421 e. The number of sulfonamides is 1. The molecule has 1 unspecified atom stereocenters. The highest BCUT2D eigenvalue weighted by Crippen LogP contribution is 2.41. The summed E-state index contributed by atoms with van der Waals surface area (Å²) in [5.41, 5.74) is -2.62. The van der Waals surface area contributed by atoms with Crippen LogP contribution in [0.1, 0.15) is 18.9 Å². The lowest BCUT2D eigenvalue weighted by Gasteiger charge is -2.36. The lowest BCUT2D eigenvalue weighted by molar-refractivity contribution is -0.258. The molecule has 5 nitrogen and oxygen atoms in total. The summed E-state index contributed by atoms with van der Waals surface area (Å²) in [5, 5.41) is 9.86. The second kappa shape index (κ2) is 8.34. The van der Waals surface area contributed by atoms with E-state index in [1.54, 1.807) is 12.2 Å². The maximum absolute atomic E-state index is 13.1. The van der Waals surface area contributed by atoms with Gasteiger partial charge in [0.2, 0.25) is 10.0 Å². The van der Waals surface area contributed by atoms with Crippen LogP contribution in [0.5, 0.6) is 0 Å². The molecule has 0 bridgehead atoms. The Balaban J connectivity index is 1.75. The number of alkyl halides is 3. The molecule has 11 heteroatoms. The van der Waals surface area contributed by atoms with Gasteiger partial charge in [-0.15, -0.1) is 0 Å². The molecule has 1 saturated heterocycles. The number of benzene rings is 1. The Morgan fingerprint density at radius 2 is 1.80 bits per heavy atom. The Kier molecular flexibility index (Phi) is 6.51. The van der Waals surface area contributed by atoms with E-state index >= 15 is 0 Å². The van der Waals surface area contributed by atoms with Crippen molar-refractivity contribution in [2.45, 2.75) is 25.1 Å². The fraction of sp³-hybridized carbons (Fsp3) is 0.421. The Hall–Kier alpha value is -1.27. The van der Waals surface area contributed by atoms with Gasteiger partial charge in [0.05, 0.1) is 10.6 Å². The number of hydrogen-bond donors (Lipinski definition) is 1. The Morgan fingerprint density at radius 3 is 2.33 bits per heavy atom. The van der Waals surface area contributed by atoms with E-state index in [0.717, 1.165) is 0 Å². The third-order valence-electron chi connectivity index (χ3n) is 5.22. The molecule has 0 saturated carbocycles. The fourth-order valence-corrected chi connectivity index (χ4v) is 5.95. The molecule has 0 aromatic heterocycles. The average molecular weight is 525 g/mol. The SMILES string of the molecule is CC(O)(c1ccc(N2CCN(S(=O)(=O)C3=CC=CCC3=S)CC2)c(Br)c1)C(F)(F)F. The van der Waals surface area contributed by atoms with Crippen LogP contribution in [0.15, 0.2) is 45.8 Å². The Bertz CT molecular complexity index is 1010. The van der Waals surface area contributed by atoms with Crippen LogP contribution in [0, 0.1) is 0 Å². The van der Waals surface area contributed by atoms with Gasteiger partial charge < -0.3 is 10.0 Å². The number of aliphatic hydroxyl groups is 1. The van der Waals surface area contributed by atoms with Gasteiger partial charge in [-0.25, -0.2) is 8.42 Å². The maximum atomic E-state index is 13.1. The van der Waals surface area contributed by atoms with Gasteiger partial charge in [0.15, 0.2) is 5.60 Å². The monoisotopic (exact) mass is 524 g/mol. The van der Waals surface area contributed by atoms with Gasteiger partial charge in [0.1, 0.15) is 0 Å². The van der Waals surface area contributed by atoms with E-state index in [1.165, 1.54) is 28.6 Å². The van der Waals surface area contributed by atoms with Crippen molar-refractivity contribution in [2.75, 3.05) is 31.1 Å². The molecule has 1 N–H and O–H groups in total. The van der Waals surface area contributed by atoms with Gasteiger partial charge in [-0.1, -0.05) is 30.4 Å². The first-order chi connectivity index (χ1) is 13.9. The predicted molar refractivity (Wildman–Crippen MR) is 117 cm³/mol.